The summed E-state index contributed by atoms with van der Waals surface area (Å²) < 4.78 is 7.21. The average molecular weight is 216 g/mol. The predicted octanol–water partition coefficient (Wildman–Crippen LogP) is 1.62. The van der Waals surface area contributed by atoms with Crippen LogP contribution in [0.5, 0.6) is 5.88 Å². The van der Waals surface area contributed by atoms with Gasteiger partial charge in [-0.2, -0.15) is 0 Å². The third-order valence-electron chi connectivity index (χ3n) is 1.86. The third kappa shape index (κ3) is 2.44. The molecule has 0 aromatic carbocycles. The van der Waals surface area contributed by atoms with E-state index in [0.29, 0.717) is 12.5 Å². The smallest absolute Gasteiger partial charge is 0.218 e. The van der Waals surface area contributed by atoms with E-state index >= 15 is 0 Å². The summed E-state index contributed by atoms with van der Waals surface area (Å²) in [6.07, 6.45) is 6.63. The molecule has 0 radical (unpaired) electrons. The van der Waals surface area contributed by atoms with Crippen LogP contribution in [-0.2, 0) is 0 Å². The molecule has 2 aromatic rings. The topological polar surface area (TPSA) is 52.8 Å². The first-order valence-electron chi connectivity index (χ1n) is 4.83. The molecule has 82 valence electrons. The number of hydrogen-bond acceptors (Lipinski definition) is 4. The summed E-state index contributed by atoms with van der Waals surface area (Å²) in [5.74, 6) is 1.26. The Morgan fingerprint density at radius 1 is 1.50 bits per heavy atom. The number of nitrogens with zero attached hydrogens (tertiary/aromatic N) is 4. The monoisotopic (exact) mass is 216 g/mol. The van der Waals surface area contributed by atoms with Crippen LogP contribution in [0.2, 0.25) is 0 Å². The zero-order valence-corrected chi connectivity index (χ0v) is 9.00. The number of ether oxygens (including phenoxy) is 1. The molecular formula is C11H12N4O. The summed E-state index contributed by atoms with van der Waals surface area (Å²) in [4.78, 5) is 12.1. The van der Waals surface area contributed by atoms with Crippen LogP contribution in [0, 0.1) is 0 Å². The standard InChI is InChI=1S/C11H12N4O/c1-9(2)6-16-11-5-10(13-7-14-11)15-4-3-12-8-15/h3-5,7-8H,1,6H2,2H3. The van der Waals surface area contributed by atoms with E-state index in [0.717, 1.165) is 11.4 Å². The van der Waals surface area contributed by atoms with Crippen LogP contribution < -0.4 is 4.74 Å². The van der Waals surface area contributed by atoms with Gasteiger partial charge < -0.3 is 4.74 Å². The molecule has 5 nitrogen and oxygen atoms in total. The second-order valence-corrected chi connectivity index (χ2v) is 3.43. The van der Waals surface area contributed by atoms with Crippen molar-refractivity contribution >= 4 is 0 Å². The molecule has 0 saturated carbocycles. The number of imidazole rings is 1. The lowest BCUT2D eigenvalue weighted by atomic mass is 10.4. The Hall–Kier alpha value is -2.17. The average Bonchev–Trinajstić information content (AvgIpc) is 2.80. The second-order valence-electron chi connectivity index (χ2n) is 3.43. The molecule has 2 aromatic heterocycles. The Balaban J connectivity index is 2.17. The highest BCUT2D eigenvalue weighted by Gasteiger charge is 2.01. The predicted molar refractivity (Wildman–Crippen MR) is 59.5 cm³/mol. The molecule has 0 aliphatic rings. The lowest BCUT2D eigenvalue weighted by molar-refractivity contribution is 0.338. The van der Waals surface area contributed by atoms with Gasteiger partial charge in [-0.15, -0.1) is 0 Å². The van der Waals surface area contributed by atoms with Crippen LogP contribution in [0.25, 0.3) is 5.82 Å². The van der Waals surface area contributed by atoms with Crippen LogP contribution in [0.15, 0.2) is 43.3 Å². The minimum atomic E-state index is 0.459. The molecule has 0 aliphatic carbocycles. The summed E-state index contributed by atoms with van der Waals surface area (Å²) >= 11 is 0. The van der Waals surface area contributed by atoms with Gasteiger partial charge in [0.25, 0.3) is 0 Å². The fraction of sp³-hybridized carbons (Fsp3) is 0.182. The van der Waals surface area contributed by atoms with Crippen molar-refractivity contribution in [3.63, 3.8) is 0 Å². The van der Waals surface area contributed by atoms with E-state index in [9.17, 15) is 0 Å². The number of aromatic nitrogens is 4. The summed E-state index contributed by atoms with van der Waals surface area (Å²) in [5, 5.41) is 0. The zero-order chi connectivity index (χ0) is 11.4. The lowest BCUT2D eigenvalue weighted by Crippen LogP contribution is -2.02. The highest BCUT2D eigenvalue weighted by atomic mass is 16.5. The van der Waals surface area contributed by atoms with Gasteiger partial charge in [0.1, 0.15) is 25.1 Å². The van der Waals surface area contributed by atoms with E-state index in [1.165, 1.54) is 6.33 Å². The van der Waals surface area contributed by atoms with Gasteiger partial charge in [-0.25, -0.2) is 15.0 Å². The number of rotatable bonds is 4. The van der Waals surface area contributed by atoms with Gasteiger partial charge >= 0.3 is 0 Å². The van der Waals surface area contributed by atoms with E-state index in [2.05, 4.69) is 21.5 Å². The maximum atomic E-state index is 5.42. The molecule has 0 unspecified atom stereocenters. The first-order chi connectivity index (χ1) is 7.75. The minimum Gasteiger partial charge on any atom is -0.473 e. The first-order valence-corrected chi connectivity index (χ1v) is 4.83. The van der Waals surface area contributed by atoms with Gasteiger partial charge in [0, 0.05) is 18.5 Å². The second kappa shape index (κ2) is 4.57. The Kier molecular flexibility index (Phi) is 2.95. The third-order valence-corrected chi connectivity index (χ3v) is 1.86. The maximum absolute atomic E-state index is 5.42. The van der Waals surface area contributed by atoms with Crippen molar-refractivity contribution in [2.24, 2.45) is 0 Å². The molecule has 2 heterocycles. The fourth-order valence-corrected chi connectivity index (χ4v) is 1.14. The summed E-state index contributed by atoms with van der Waals surface area (Å²) in [6, 6.07) is 1.75. The van der Waals surface area contributed by atoms with Crippen molar-refractivity contribution in [1.29, 1.82) is 0 Å². The molecular weight excluding hydrogens is 204 g/mol. The molecule has 0 aliphatic heterocycles. The highest BCUT2D eigenvalue weighted by molar-refractivity contribution is 5.26. The Morgan fingerprint density at radius 3 is 3.06 bits per heavy atom. The highest BCUT2D eigenvalue weighted by Crippen LogP contribution is 2.11. The molecule has 0 atom stereocenters. The summed E-state index contributed by atoms with van der Waals surface area (Å²) in [6.45, 7) is 6.12. The molecule has 5 heteroatoms. The van der Waals surface area contributed by atoms with E-state index < -0.39 is 0 Å². The van der Waals surface area contributed by atoms with Gasteiger partial charge in [-0.1, -0.05) is 6.58 Å². The van der Waals surface area contributed by atoms with E-state index in [-0.39, 0.29) is 0 Å². The fourth-order valence-electron chi connectivity index (χ4n) is 1.14. The minimum absolute atomic E-state index is 0.459. The van der Waals surface area contributed by atoms with Gasteiger partial charge in [-0.05, 0) is 12.5 Å². The summed E-state index contributed by atoms with van der Waals surface area (Å²) in [7, 11) is 0. The first kappa shape index (κ1) is 10.4. The van der Waals surface area contributed by atoms with Gasteiger partial charge in [-0.3, -0.25) is 4.57 Å². The van der Waals surface area contributed by atoms with E-state index in [4.69, 9.17) is 4.74 Å². The van der Waals surface area contributed by atoms with E-state index in [1.54, 1.807) is 23.2 Å². The van der Waals surface area contributed by atoms with Crippen LogP contribution >= 0.6 is 0 Å². The van der Waals surface area contributed by atoms with Crippen molar-refractivity contribution in [1.82, 2.24) is 19.5 Å². The molecule has 0 saturated heterocycles. The zero-order valence-electron chi connectivity index (χ0n) is 9.00. The quantitative estimate of drug-likeness (QED) is 0.729. The summed E-state index contributed by atoms with van der Waals surface area (Å²) in [5.41, 5.74) is 0.947. The van der Waals surface area contributed by atoms with Crippen LogP contribution in [0.3, 0.4) is 0 Å². The van der Waals surface area contributed by atoms with Crippen molar-refractivity contribution in [3.8, 4) is 11.7 Å². The molecule has 0 bridgehead atoms. The van der Waals surface area contributed by atoms with Crippen molar-refractivity contribution in [2.45, 2.75) is 6.92 Å². The normalized spacial score (nSPS) is 10.1. The number of hydrogen-bond donors (Lipinski definition) is 0. The van der Waals surface area contributed by atoms with Crippen LogP contribution in [0.4, 0.5) is 0 Å². The van der Waals surface area contributed by atoms with E-state index in [1.807, 2.05) is 13.1 Å². The molecule has 0 N–H and O–H groups in total. The maximum Gasteiger partial charge on any atom is 0.218 e. The van der Waals surface area contributed by atoms with Gasteiger partial charge in [0.15, 0.2) is 0 Å². The van der Waals surface area contributed by atoms with Crippen molar-refractivity contribution in [3.05, 3.63) is 43.3 Å². The van der Waals surface area contributed by atoms with Crippen LogP contribution in [-0.4, -0.2) is 26.1 Å². The molecule has 0 spiro atoms. The Labute approximate surface area is 93.5 Å². The molecule has 0 fully saturated rings. The molecule has 2 rings (SSSR count). The molecule has 0 amide bonds. The van der Waals surface area contributed by atoms with Crippen LogP contribution in [0.1, 0.15) is 6.92 Å². The van der Waals surface area contributed by atoms with Crippen molar-refractivity contribution in [2.75, 3.05) is 6.61 Å². The molecule has 16 heavy (non-hydrogen) atoms. The largest absolute Gasteiger partial charge is 0.473 e. The lowest BCUT2D eigenvalue weighted by Gasteiger charge is -2.06. The SMILES string of the molecule is C=C(C)COc1cc(-n2ccnc2)ncn1. The van der Waals surface area contributed by atoms with Gasteiger partial charge in [0.05, 0.1) is 0 Å². The van der Waals surface area contributed by atoms with Gasteiger partial charge in [0.2, 0.25) is 5.88 Å². The Bertz CT molecular complexity index is 478. The Morgan fingerprint density at radius 2 is 2.38 bits per heavy atom. The van der Waals surface area contributed by atoms with Crippen molar-refractivity contribution < 1.29 is 4.74 Å².